The van der Waals surface area contributed by atoms with Crippen LogP contribution in [0.2, 0.25) is 0 Å². The van der Waals surface area contributed by atoms with Crippen molar-refractivity contribution in [1.29, 1.82) is 0 Å². The summed E-state index contributed by atoms with van der Waals surface area (Å²) in [6, 6.07) is 16.4. The van der Waals surface area contributed by atoms with Crippen molar-refractivity contribution in [2.45, 2.75) is 33.6 Å². The molecule has 3 rings (SSSR count). The Hall–Kier alpha value is -2.88. The average Bonchev–Trinajstić information content (AvgIpc) is 2.70. The second kappa shape index (κ2) is 9.36. The third-order valence-corrected chi connectivity index (χ3v) is 4.70. The maximum absolute atomic E-state index is 6.16. The zero-order valence-corrected chi connectivity index (χ0v) is 17.2. The molecule has 4 heteroatoms. The predicted molar refractivity (Wildman–Crippen MR) is 117 cm³/mol. The van der Waals surface area contributed by atoms with Crippen molar-refractivity contribution in [2.75, 3.05) is 24.6 Å². The SMILES string of the molecule is CC(C)=CCN(CCOc1ccccc1C(C)C)c1ncnc2ccccc12. The van der Waals surface area contributed by atoms with E-state index in [9.17, 15) is 0 Å². The van der Waals surface area contributed by atoms with Crippen LogP contribution in [0.5, 0.6) is 5.75 Å². The quantitative estimate of drug-likeness (QED) is 0.480. The minimum atomic E-state index is 0.434. The van der Waals surface area contributed by atoms with Gasteiger partial charge < -0.3 is 9.64 Å². The second-order valence-electron chi connectivity index (χ2n) is 7.48. The van der Waals surface area contributed by atoms with E-state index >= 15 is 0 Å². The van der Waals surface area contributed by atoms with E-state index in [-0.39, 0.29) is 0 Å². The molecule has 28 heavy (non-hydrogen) atoms. The standard InChI is InChI=1S/C24H29N3O/c1-18(2)13-14-27(24-21-10-5-7-11-22(21)25-17-26-24)15-16-28-23-12-8-6-9-20(23)19(3)4/h5-13,17,19H,14-16H2,1-4H3. The Morgan fingerprint density at radius 2 is 1.79 bits per heavy atom. The first-order chi connectivity index (χ1) is 13.6. The predicted octanol–water partition coefficient (Wildman–Crippen LogP) is 5.60. The number of benzene rings is 2. The Bertz CT molecular complexity index is 940. The van der Waals surface area contributed by atoms with E-state index in [0.717, 1.165) is 35.6 Å². The van der Waals surface area contributed by atoms with Gasteiger partial charge in [0.1, 0.15) is 24.5 Å². The van der Waals surface area contributed by atoms with E-state index in [1.807, 2.05) is 24.3 Å². The molecule has 0 amide bonds. The molecule has 0 saturated carbocycles. The van der Waals surface area contributed by atoms with E-state index in [1.54, 1.807) is 6.33 Å². The van der Waals surface area contributed by atoms with E-state index in [0.29, 0.717) is 12.5 Å². The van der Waals surface area contributed by atoms with Crippen LogP contribution >= 0.6 is 0 Å². The smallest absolute Gasteiger partial charge is 0.140 e. The van der Waals surface area contributed by atoms with Crippen molar-refractivity contribution < 1.29 is 4.74 Å². The molecule has 0 spiro atoms. The van der Waals surface area contributed by atoms with Gasteiger partial charge in [-0.2, -0.15) is 0 Å². The van der Waals surface area contributed by atoms with Crippen LogP contribution in [0.15, 0.2) is 66.5 Å². The molecular weight excluding hydrogens is 346 g/mol. The zero-order valence-electron chi connectivity index (χ0n) is 17.2. The van der Waals surface area contributed by atoms with Gasteiger partial charge in [-0.15, -0.1) is 0 Å². The number of nitrogens with zero attached hydrogens (tertiary/aromatic N) is 3. The van der Waals surface area contributed by atoms with Gasteiger partial charge in [-0.25, -0.2) is 9.97 Å². The highest BCUT2D eigenvalue weighted by molar-refractivity contribution is 5.89. The highest BCUT2D eigenvalue weighted by atomic mass is 16.5. The van der Waals surface area contributed by atoms with Crippen LogP contribution < -0.4 is 9.64 Å². The highest BCUT2D eigenvalue weighted by Crippen LogP contribution is 2.26. The molecule has 4 nitrogen and oxygen atoms in total. The molecule has 2 aromatic carbocycles. The maximum atomic E-state index is 6.16. The minimum Gasteiger partial charge on any atom is -0.491 e. The first-order valence-electron chi connectivity index (χ1n) is 9.86. The van der Waals surface area contributed by atoms with Crippen LogP contribution in [0.1, 0.15) is 39.2 Å². The normalized spacial score (nSPS) is 10.9. The van der Waals surface area contributed by atoms with Crippen molar-refractivity contribution in [2.24, 2.45) is 0 Å². The number of fused-ring (bicyclic) bond motifs is 1. The lowest BCUT2D eigenvalue weighted by atomic mass is 10.0. The lowest BCUT2D eigenvalue weighted by Crippen LogP contribution is -2.30. The molecule has 0 atom stereocenters. The average molecular weight is 376 g/mol. The van der Waals surface area contributed by atoms with Gasteiger partial charge >= 0.3 is 0 Å². The van der Waals surface area contributed by atoms with Crippen LogP contribution in [0.25, 0.3) is 10.9 Å². The van der Waals surface area contributed by atoms with Crippen LogP contribution in [0.4, 0.5) is 5.82 Å². The zero-order chi connectivity index (χ0) is 19.9. The van der Waals surface area contributed by atoms with Crippen LogP contribution in [0.3, 0.4) is 0 Å². The third kappa shape index (κ3) is 4.89. The molecule has 146 valence electrons. The first kappa shape index (κ1) is 19.9. The van der Waals surface area contributed by atoms with Crippen LogP contribution in [0, 0.1) is 0 Å². The number of hydrogen-bond donors (Lipinski definition) is 0. The molecular formula is C24H29N3O. The number of aromatic nitrogens is 2. The summed E-state index contributed by atoms with van der Waals surface area (Å²) >= 11 is 0. The summed E-state index contributed by atoms with van der Waals surface area (Å²) in [5, 5.41) is 1.06. The number of ether oxygens (including phenoxy) is 1. The molecule has 0 N–H and O–H groups in total. The van der Waals surface area contributed by atoms with E-state index in [4.69, 9.17) is 4.74 Å². The van der Waals surface area contributed by atoms with Crippen molar-refractivity contribution in [3.8, 4) is 5.75 Å². The fourth-order valence-corrected chi connectivity index (χ4v) is 3.17. The van der Waals surface area contributed by atoms with Crippen molar-refractivity contribution in [3.05, 3.63) is 72.1 Å². The Kier molecular flexibility index (Phi) is 6.64. The molecule has 0 bridgehead atoms. The summed E-state index contributed by atoms with van der Waals surface area (Å²) in [5.41, 5.74) is 3.49. The number of para-hydroxylation sites is 2. The summed E-state index contributed by atoms with van der Waals surface area (Å²) in [4.78, 5) is 11.2. The first-order valence-corrected chi connectivity index (χ1v) is 9.86. The molecule has 0 aliphatic rings. The molecule has 0 saturated heterocycles. The topological polar surface area (TPSA) is 38.2 Å². The summed E-state index contributed by atoms with van der Waals surface area (Å²) in [6.45, 7) is 10.7. The lowest BCUT2D eigenvalue weighted by molar-refractivity contribution is 0.320. The van der Waals surface area contributed by atoms with Gasteiger partial charge in [0.05, 0.1) is 12.1 Å². The summed E-state index contributed by atoms with van der Waals surface area (Å²) in [7, 11) is 0. The van der Waals surface area contributed by atoms with Crippen molar-refractivity contribution in [3.63, 3.8) is 0 Å². The fraction of sp³-hybridized carbons (Fsp3) is 0.333. The van der Waals surface area contributed by atoms with Gasteiger partial charge in [0.15, 0.2) is 0 Å². The Balaban J connectivity index is 1.80. The van der Waals surface area contributed by atoms with E-state index in [1.165, 1.54) is 11.1 Å². The van der Waals surface area contributed by atoms with Crippen molar-refractivity contribution >= 4 is 16.7 Å². The molecule has 0 radical (unpaired) electrons. The molecule has 0 unspecified atom stereocenters. The number of anilines is 1. The fourth-order valence-electron chi connectivity index (χ4n) is 3.17. The summed E-state index contributed by atoms with van der Waals surface area (Å²) in [6.07, 6.45) is 3.86. The second-order valence-corrected chi connectivity index (χ2v) is 7.48. The highest BCUT2D eigenvalue weighted by Gasteiger charge is 2.13. The lowest BCUT2D eigenvalue weighted by Gasteiger charge is -2.24. The van der Waals surface area contributed by atoms with Crippen LogP contribution in [-0.4, -0.2) is 29.7 Å². The Morgan fingerprint density at radius 3 is 2.57 bits per heavy atom. The number of rotatable bonds is 8. The van der Waals surface area contributed by atoms with Gasteiger partial charge in [-0.3, -0.25) is 0 Å². The molecule has 0 fully saturated rings. The summed E-state index contributed by atoms with van der Waals surface area (Å²) in [5.74, 6) is 2.35. The van der Waals surface area contributed by atoms with Gasteiger partial charge in [0.25, 0.3) is 0 Å². The molecule has 1 heterocycles. The van der Waals surface area contributed by atoms with Gasteiger partial charge in [-0.1, -0.05) is 55.8 Å². The third-order valence-electron chi connectivity index (χ3n) is 4.70. The molecule has 0 aliphatic heterocycles. The molecule has 1 aromatic heterocycles. The Morgan fingerprint density at radius 1 is 1.04 bits per heavy atom. The minimum absolute atomic E-state index is 0.434. The van der Waals surface area contributed by atoms with Gasteiger partial charge in [0.2, 0.25) is 0 Å². The summed E-state index contributed by atoms with van der Waals surface area (Å²) < 4.78 is 6.16. The van der Waals surface area contributed by atoms with Crippen molar-refractivity contribution in [1.82, 2.24) is 9.97 Å². The largest absolute Gasteiger partial charge is 0.491 e. The van der Waals surface area contributed by atoms with E-state index < -0.39 is 0 Å². The molecule has 3 aromatic rings. The van der Waals surface area contributed by atoms with Crippen LogP contribution in [-0.2, 0) is 0 Å². The van der Waals surface area contributed by atoms with Gasteiger partial charge in [0, 0.05) is 11.9 Å². The number of allylic oxidation sites excluding steroid dienone is 1. The monoisotopic (exact) mass is 375 g/mol. The van der Waals surface area contributed by atoms with E-state index in [2.05, 4.69) is 72.9 Å². The van der Waals surface area contributed by atoms with Gasteiger partial charge in [-0.05, 0) is 43.5 Å². The number of hydrogen-bond acceptors (Lipinski definition) is 4. The maximum Gasteiger partial charge on any atom is 0.140 e. The Labute approximate surface area is 167 Å². The molecule has 0 aliphatic carbocycles.